The monoisotopic (exact) mass is 306 g/mol. The fourth-order valence-corrected chi connectivity index (χ4v) is 0.534. The molecule has 0 saturated carbocycles. The van der Waals surface area contributed by atoms with Crippen molar-refractivity contribution in [2.24, 2.45) is 11.5 Å². The zero-order valence-corrected chi connectivity index (χ0v) is 11.7. The summed E-state index contributed by atoms with van der Waals surface area (Å²) in [6.07, 6.45) is -1.29. The van der Waals surface area contributed by atoms with Gasteiger partial charge in [-0.15, -0.1) is 0 Å². The number of carbonyl (C=O) groups is 4. The summed E-state index contributed by atoms with van der Waals surface area (Å²) in [6, 6.07) is -2.70. The van der Waals surface area contributed by atoms with Gasteiger partial charge in [0.2, 0.25) is 0 Å². The summed E-state index contributed by atoms with van der Waals surface area (Å²) in [5.74, 6) is -5.58. The van der Waals surface area contributed by atoms with Crippen LogP contribution in [0.2, 0.25) is 0 Å². The molecule has 0 aromatic heterocycles. The third kappa shape index (κ3) is 18.9. The first-order chi connectivity index (χ1) is 8.07. The quantitative estimate of drug-likeness (QED) is 0.338. The molecule has 0 rings (SSSR count). The maximum absolute atomic E-state index is 9.82. The van der Waals surface area contributed by atoms with E-state index in [-0.39, 0.29) is 28.5 Å². The zero-order valence-electron chi connectivity index (χ0n) is 10.3. The Labute approximate surface area is 129 Å². The number of carboxylic acids is 4. The van der Waals surface area contributed by atoms with Crippen LogP contribution in [0.25, 0.3) is 0 Å². The average molecular weight is 307 g/mol. The van der Waals surface area contributed by atoms with E-state index in [9.17, 15) is 29.4 Å². The number of carbonyl (C=O) groups excluding carboxylic acids is 2. The van der Waals surface area contributed by atoms with Gasteiger partial charge in [-0.25, -0.2) is 0 Å². The summed E-state index contributed by atoms with van der Waals surface area (Å²) in [5, 5.41) is 35.3. The molecule has 0 unspecified atom stereocenters. The molecule has 0 fully saturated rings. The van der Waals surface area contributed by atoms with Gasteiger partial charge < -0.3 is 47.0 Å². The minimum Gasteiger partial charge on any atom is -0.550 e. The van der Waals surface area contributed by atoms with Gasteiger partial charge >= 0.3 is 35.0 Å². The van der Waals surface area contributed by atoms with E-state index < -0.39 is 48.8 Å². The molecule has 0 bridgehead atoms. The van der Waals surface area contributed by atoms with Gasteiger partial charge in [0.25, 0.3) is 0 Å². The van der Waals surface area contributed by atoms with Crippen molar-refractivity contribution in [3.8, 4) is 0 Å². The van der Waals surface area contributed by atoms with Crippen molar-refractivity contribution in [1.29, 1.82) is 0 Å². The topological polar surface area (TPSA) is 238 Å². The fourth-order valence-electron chi connectivity index (χ4n) is 0.534. The average Bonchev–Trinajstić information content (AvgIpc) is 2.16. The number of aliphatic carboxylic acids is 4. The SMILES string of the molecule is N[C@@H](CC(=O)[O-])C(=O)O.N[C@@H](CC(=O)[O-])C(=O)O.O.[Mg+2]. The van der Waals surface area contributed by atoms with Crippen LogP contribution in [-0.4, -0.2) is 74.7 Å². The molecule has 8 N–H and O–H groups in total. The van der Waals surface area contributed by atoms with Gasteiger partial charge in [0.1, 0.15) is 12.1 Å². The van der Waals surface area contributed by atoms with Crippen molar-refractivity contribution in [3.63, 3.8) is 0 Å². The summed E-state index contributed by atoms with van der Waals surface area (Å²) >= 11 is 0. The van der Waals surface area contributed by atoms with Gasteiger partial charge in [-0.3, -0.25) is 9.59 Å². The van der Waals surface area contributed by atoms with Gasteiger partial charge in [0.05, 0.1) is 0 Å². The Morgan fingerprint density at radius 3 is 1.10 bits per heavy atom. The van der Waals surface area contributed by atoms with Gasteiger partial charge in [-0.1, -0.05) is 0 Å². The molecule has 0 saturated heterocycles. The molecule has 0 spiro atoms. The van der Waals surface area contributed by atoms with Gasteiger partial charge in [0.15, 0.2) is 0 Å². The molecule has 0 aliphatic heterocycles. The van der Waals surface area contributed by atoms with Crippen molar-refractivity contribution in [2.45, 2.75) is 24.9 Å². The predicted molar refractivity (Wildman–Crippen MR) is 59.8 cm³/mol. The Balaban J connectivity index is -0.000000116. The summed E-state index contributed by atoms with van der Waals surface area (Å²) in [6.45, 7) is 0. The summed E-state index contributed by atoms with van der Waals surface area (Å²) in [4.78, 5) is 39.0. The first kappa shape index (κ1) is 27.0. The van der Waals surface area contributed by atoms with Crippen LogP contribution in [0.3, 0.4) is 0 Å². The largest absolute Gasteiger partial charge is 2.00 e. The molecule has 0 aromatic carbocycles. The number of nitrogens with two attached hydrogens (primary N) is 2. The van der Waals surface area contributed by atoms with Crippen LogP contribution in [0.15, 0.2) is 0 Å². The molecule has 2 atom stereocenters. The van der Waals surface area contributed by atoms with Crippen LogP contribution in [0.5, 0.6) is 0 Å². The Bertz CT molecular complexity index is 304. The minimum atomic E-state index is -1.45. The summed E-state index contributed by atoms with van der Waals surface area (Å²) in [5.41, 5.74) is 9.59. The Morgan fingerprint density at radius 1 is 0.850 bits per heavy atom. The smallest absolute Gasteiger partial charge is 0.550 e. The van der Waals surface area contributed by atoms with Crippen LogP contribution in [0.1, 0.15) is 12.8 Å². The molecular formula is C8H14MgN2O9. The molecular weight excluding hydrogens is 292 g/mol. The molecule has 0 amide bonds. The molecule has 112 valence electrons. The molecule has 0 radical (unpaired) electrons. The number of hydrogen-bond donors (Lipinski definition) is 4. The molecule has 0 aromatic rings. The third-order valence-electron chi connectivity index (χ3n) is 1.41. The number of carboxylic acid groups (broad SMARTS) is 4. The first-order valence-corrected chi connectivity index (χ1v) is 4.44. The third-order valence-corrected chi connectivity index (χ3v) is 1.41. The maximum Gasteiger partial charge on any atom is 2.00 e. The van der Waals surface area contributed by atoms with Crippen molar-refractivity contribution in [1.82, 2.24) is 0 Å². The van der Waals surface area contributed by atoms with Gasteiger partial charge in [-0.05, 0) is 0 Å². The van der Waals surface area contributed by atoms with E-state index in [1.165, 1.54) is 0 Å². The molecule has 20 heavy (non-hydrogen) atoms. The van der Waals surface area contributed by atoms with Gasteiger partial charge in [-0.2, -0.15) is 0 Å². The fraction of sp³-hybridized carbons (Fsp3) is 0.500. The van der Waals surface area contributed by atoms with Crippen LogP contribution in [-0.2, 0) is 19.2 Å². The molecule has 11 nitrogen and oxygen atoms in total. The van der Waals surface area contributed by atoms with Gasteiger partial charge in [0, 0.05) is 24.8 Å². The van der Waals surface area contributed by atoms with E-state index in [0.29, 0.717) is 0 Å². The van der Waals surface area contributed by atoms with E-state index in [1.54, 1.807) is 0 Å². The van der Waals surface area contributed by atoms with Crippen LogP contribution >= 0.6 is 0 Å². The van der Waals surface area contributed by atoms with Crippen molar-refractivity contribution in [3.05, 3.63) is 0 Å². The number of rotatable bonds is 6. The van der Waals surface area contributed by atoms with E-state index >= 15 is 0 Å². The Hall–Kier alpha value is -1.47. The zero-order chi connectivity index (χ0) is 14.9. The first-order valence-electron chi connectivity index (χ1n) is 4.44. The van der Waals surface area contributed by atoms with Crippen LogP contribution in [0, 0.1) is 0 Å². The van der Waals surface area contributed by atoms with E-state index in [4.69, 9.17) is 21.7 Å². The molecule has 0 heterocycles. The second-order valence-electron chi connectivity index (χ2n) is 3.04. The number of hydrogen-bond acceptors (Lipinski definition) is 8. The normalized spacial score (nSPS) is 11.3. The van der Waals surface area contributed by atoms with Crippen molar-refractivity contribution < 1.29 is 45.1 Å². The van der Waals surface area contributed by atoms with E-state index in [0.717, 1.165) is 0 Å². The summed E-state index contributed by atoms with van der Waals surface area (Å²) in [7, 11) is 0. The maximum atomic E-state index is 9.82. The van der Waals surface area contributed by atoms with E-state index in [2.05, 4.69) is 0 Å². The minimum absolute atomic E-state index is 0. The molecule has 0 aliphatic rings. The van der Waals surface area contributed by atoms with Crippen LogP contribution in [0.4, 0.5) is 0 Å². The Kier molecular flexibility index (Phi) is 18.8. The molecule has 12 heteroatoms. The second kappa shape index (κ2) is 13.9. The van der Waals surface area contributed by atoms with Crippen molar-refractivity contribution >= 4 is 46.9 Å². The van der Waals surface area contributed by atoms with E-state index in [1.807, 2.05) is 0 Å². The van der Waals surface area contributed by atoms with Crippen LogP contribution < -0.4 is 21.7 Å². The predicted octanol–water partition coefficient (Wildman–Crippen LogP) is -6.13. The van der Waals surface area contributed by atoms with Crippen molar-refractivity contribution in [2.75, 3.05) is 0 Å². The second-order valence-corrected chi connectivity index (χ2v) is 3.04. The summed E-state index contributed by atoms with van der Waals surface area (Å²) < 4.78 is 0. The Morgan fingerprint density at radius 2 is 1.05 bits per heavy atom. The standard InChI is InChI=1S/2C4H7NO4.Mg.H2O/c2*5-2(4(8)9)1-3(6)7;;/h2*2H,1,5H2,(H,6,7)(H,8,9);;1H2/q;;+2;/p-2/t2*2-;;/m00../s1. The molecule has 0 aliphatic carbocycles.